The van der Waals surface area contributed by atoms with Crippen molar-refractivity contribution in [2.75, 3.05) is 11.9 Å². The highest BCUT2D eigenvalue weighted by Gasteiger charge is 2.16. The predicted molar refractivity (Wildman–Crippen MR) is 115 cm³/mol. The van der Waals surface area contributed by atoms with Crippen molar-refractivity contribution in [3.63, 3.8) is 0 Å². The number of aryl methyl sites for hydroxylation is 1. The molecule has 0 fully saturated rings. The van der Waals surface area contributed by atoms with Crippen LogP contribution in [0, 0.1) is 0 Å². The maximum Gasteiger partial charge on any atom is 0.240 e. The number of benzene rings is 2. The third kappa shape index (κ3) is 4.92. The molecule has 0 aliphatic rings. The van der Waals surface area contributed by atoms with Crippen LogP contribution in [0.5, 0.6) is 0 Å². The first-order valence-electron chi connectivity index (χ1n) is 9.67. The summed E-state index contributed by atoms with van der Waals surface area (Å²) in [5, 5.41) is 2.77. The van der Waals surface area contributed by atoms with Gasteiger partial charge in [0.25, 0.3) is 0 Å². The Kier molecular flexibility index (Phi) is 6.63. The fourth-order valence-corrected chi connectivity index (χ4v) is 4.09. The second-order valence-electron chi connectivity index (χ2n) is 6.85. The van der Waals surface area contributed by atoms with E-state index in [-0.39, 0.29) is 29.6 Å². The van der Waals surface area contributed by atoms with E-state index in [1.165, 1.54) is 31.2 Å². The molecule has 0 unspecified atom stereocenters. The lowest BCUT2D eigenvalue weighted by Gasteiger charge is -2.10. The minimum Gasteiger partial charge on any atom is -0.310 e. The first kappa shape index (κ1) is 21.7. The molecule has 158 valence electrons. The van der Waals surface area contributed by atoms with E-state index in [2.05, 4.69) is 15.0 Å². The summed E-state index contributed by atoms with van der Waals surface area (Å²) in [5.74, 6) is -0.0271. The lowest BCUT2D eigenvalue weighted by molar-refractivity contribution is -0.116. The Morgan fingerprint density at radius 3 is 2.43 bits per heavy atom. The molecule has 3 aromatic rings. The molecule has 8 nitrogen and oxygen atoms in total. The summed E-state index contributed by atoms with van der Waals surface area (Å²) < 4.78 is 29.1. The molecule has 2 aromatic carbocycles. The maximum atomic E-state index is 12.4. The molecular formula is C21H24N4O4S. The molecule has 30 heavy (non-hydrogen) atoms. The van der Waals surface area contributed by atoms with Gasteiger partial charge < -0.3 is 4.57 Å². The van der Waals surface area contributed by atoms with Crippen LogP contribution in [0.25, 0.3) is 11.0 Å². The van der Waals surface area contributed by atoms with Crippen LogP contribution >= 0.6 is 0 Å². The SMILES string of the molecule is CCCn1c(NC(=O)CCNS(=O)(=O)c2ccc(C(C)=O)cc2)nc2ccccc21. The number of nitrogens with zero attached hydrogens (tertiary/aromatic N) is 2. The van der Waals surface area contributed by atoms with Crippen molar-refractivity contribution < 1.29 is 18.0 Å². The van der Waals surface area contributed by atoms with Gasteiger partial charge in [0.15, 0.2) is 5.78 Å². The Labute approximate surface area is 175 Å². The highest BCUT2D eigenvalue weighted by molar-refractivity contribution is 7.89. The number of hydrogen-bond acceptors (Lipinski definition) is 5. The molecule has 0 aliphatic carbocycles. The minimum atomic E-state index is -3.77. The van der Waals surface area contributed by atoms with Crippen molar-refractivity contribution in [3.8, 4) is 0 Å². The summed E-state index contributed by atoms with van der Waals surface area (Å²) in [5.41, 5.74) is 2.16. The van der Waals surface area contributed by atoms with Gasteiger partial charge >= 0.3 is 0 Å². The number of nitrogens with one attached hydrogen (secondary N) is 2. The van der Waals surface area contributed by atoms with Crippen LogP contribution in [0.3, 0.4) is 0 Å². The second kappa shape index (κ2) is 9.19. The smallest absolute Gasteiger partial charge is 0.240 e. The van der Waals surface area contributed by atoms with E-state index in [1.54, 1.807) is 0 Å². The van der Waals surface area contributed by atoms with Crippen molar-refractivity contribution in [1.29, 1.82) is 0 Å². The average molecular weight is 429 g/mol. The number of anilines is 1. The van der Waals surface area contributed by atoms with Crippen molar-refractivity contribution in [1.82, 2.24) is 14.3 Å². The summed E-state index contributed by atoms with van der Waals surface area (Å²) >= 11 is 0. The van der Waals surface area contributed by atoms with Crippen LogP contribution in [0.15, 0.2) is 53.4 Å². The Morgan fingerprint density at radius 2 is 1.77 bits per heavy atom. The maximum absolute atomic E-state index is 12.4. The molecule has 1 amide bonds. The van der Waals surface area contributed by atoms with Crippen LogP contribution in [-0.2, 0) is 21.4 Å². The van der Waals surface area contributed by atoms with Gasteiger partial charge in [-0.2, -0.15) is 0 Å². The van der Waals surface area contributed by atoms with Gasteiger partial charge in [0.05, 0.1) is 15.9 Å². The van der Waals surface area contributed by atoms with Gasteiger partial charge in [-0.15, -0.1) is 0 Å². The van der Waals surface area contributed by atoms with Crippen LogP contribution in [0.4, 0.5) is 5.95 Å². The third-order valence-corrected chi connectivity index (χ3v) is 6.05. The Morgan fingerprint density at radius 1 is 1.07 bits per heavy atom. The van der Waals surface area contributed by atoms with E-state index in [4.69, 9.17) is 0 Å². The lowest BCUT2D eigenvalue weighted by Crippen LogP contribution is -2.28. The first-order valence-corrected chi connectivity index (χ1v) is 11.2. The highest BCUT2D eigenvalue weighted by atomic mass is 32.2. The molecule has 9 heteroatoms. The number of hydrogen-bond donors (Lipinski definition) is 2. The van der Waals surface area contributed by atoms with Gasteiger partial charge in [0, 0.05) is 25.1 Å². The number of rotatable bonds is 9. The number of amides is 1. The number of fused-ring (bicyclic) bond motifs is 1. The topological polar surface area (TPSA) is 110 Å². The number of Topliss-reactive ketones (excluding diaryl/α,β-unsaturated/α-hetero) is 1. The van der Waals surface area contributed by atoms with Crippen molar-refractivity contribution >= 4 is 38.7 Å². The Bertz CT molecular complexity index is 1170. The number of carbonyl (C=O) groups is 2. The Balaban J connectivity index is 1.61. The molecule has 0 aliphatic heterocycles. The zero-order valence-corrected chi connectivity index (χ0v) is 17.7. The number of imidazole rings is 1. The van der Waals surface area contributed by atoms with Gasteiger partial charge in [-0.3, -0.25) is 14.9 Å². The van der Waals surface area contributed by atoms with Crippen LogP contribution in [0.2, 0.25) is 0 Å². The van der Waals surface area contributed by atoms with Gasteiger partial charge in [0.1, 0.15) is 0 Å². The minimum absolute atomic E-state index is 0.0395. The molecule has 1 aromatic heterocycles. The fourth-order valence-electron chi connectivity index (χ4n) is 3.06. The quantitative estimate of drug-likeness (QED) is 0.509. The number of sulfonamides is 1. The molecule has 3 rings (SSSR count). The summed E-state index contributed by atoms with van der Waals surface area (Å²) in [6, 6.07) is 13.3. The van der Waals surface area contributed by atoms with Crippen molar-refractivity contribution in [2.45, 2.75) is 38.1 Å². The zero-order valence-electron chi connectivity index (χ0n) is 16.9. The molecule has 2 N–H and O–H groups in total. The summed E-state index contributed by atoms with van der Waals surface area (Å²) in [6.45, 7) is 4.10. The van der Waals surface area contributed by atoms with E-state index < -0.39 is 10.0 Å². The highest BCUT2D eigenvalue weighted by Crippen LogP contribution is 2.20. The molecule has 0 bridgehead atoms. The summed E-state index contributed by atoms with van der Waals surface area (Å²) in [7, 11) is -3.77. The van der Waals surface area contributed by atoms with E-state index in [9.17, 15) is 18.0 Å². The molecule has 0 atom stereocenters. The number of ketones is 1. The van der Waals surface area contributed by atoms with E-state index >= 15 is 0 Å². The molecule has 0 saturated carbocycles. The Hall–Kier alpha value is -3.04. The van der Waals surface area contributed by atoms with Gasteiger partial charge in [-0.1, -0.05) is 31.2 Å². The number of carbonyl (C=O) groups excluding carboxylic acids is 2. The fraction of sp³-hybridized carbons (Fsp3) is 0.286. The molecule has 0 saturated heterocycles. The normalized spacial score (nSPS) is 11.5. The van der Waals surface area contributed by atoms with E-state index in [1.807, 2.05) is 35.8 Å². The van der Waals surface area contributed by atoms with Crippen LogP contribution < -0.4 is 10.0 Å². The van der Waals surface area contributed by atoms with E-state index in [0.717, 1.165) is 17.5 Å². The lowest BCUT2D eigenvalue weighted by atomic mass is 10.2. The van der Waals surface area contributed by atoms with Crippen molar-refractivity contribution in [3.05, 3.63) is 54.1 Å². The molecule has 0 spiro atoms. The number of para-hydroxylation sites is 2. The standard InChI is InChI=1S/C21H24N4O4S/c1-3-14-25-19-7-5-4-6-18(19)23-21(25)24-20(27)12-13-22-30(28,29)17-10-8-16(9-11-17)15(2)26/h4-11,22H,3,12-14H2,1-2H3,(H,23,24,27). The molecule has 0 radical (unpaired) electrons. The molecule has 1 heterocycles. The largest absolute Gasteiger partial charge is 0.310 e. The first-order chi connectivity index (χ1) is 14.3. The zero-order chi connectivity index (χ0) is 21.7. The monoisotopic (exact) mass is 428 g/mol. The third-order valence-electron chi connectivity index (χ3n) is 4.57. The predicted octanol–water partition coefficient (Wildman–Crippen LogP) is 2.96. The summed E-state index contributed by atoms with van der Waals surface area (Å²) in [4.78, 5) is 28.2. The second-order valence-corrected chi connectivity index (χ2v) is 8.62. The van der Waals surface area contributed by atoms with Crippen LogP contribution in [-0.4, -0.2) is 36.2 Å². The van der Waals surface area contributed by atoms with Gasteiger partial charge in [-0.05, 0) is 37.6 Å². The van der Waals surface area contributed by atoms with Gasteiger partial charge in [0.2, 0.25) is 21.9 Å². The summed E-state index contributed by atoms with van der Waals surface area (Å²) in [6.07, 6.45) is 0.839. The van der Waals surface area contributed by atoms with Gasteiger partial charge in [-0.25, -0.2) is 18.1 Å². The average Bonchev–Trinajstić information content (AvgIpc) is 3.05. The molecular weight excluding hydrogens is 404 g/mol. The van der Waals surface area contributed by atoms with E-state index in [0.29, 0.717) is 18.1 Å². The number of aromatic nitrogens is 2. The van der Waals surface area contributed by atoms with Crippen molar-refractivity contribution in [2.24, 2.45) is 0 Å². The van der Waals surface area contributed by atoms with Crippen LogP contribution in [0.1, 0.15) is 37.0 Å².